The molecule has 0 atom stereocenters. The summed E-state index contributed by atoms with van der Waals surface area (Å²) >= 11 is 0. The smallest absolute Gasteiger partial charge is 0.312 e. The fourth-order valence-corrected chi connectivity index (χ4v) is 3.94. The summed E-state index contributed by atoms with van der Waals surface area (Å²) in [6, 6.07) is 12.2. The SMILES string of the molecule is CCn1c(=O)n(CCC(=O)N2CCCc3ccc(F)cc32)c2ccccc21. The molecule has 1 amide bonds. The van der Waals surface area contributed by atoms with Gasteiger partial charge in [0.15, 0.2) is 0 Å². The van der Waals surface area contributed by atoms with Crippen molar-refractivity contribution < 1.29 is 9.18 Å². The van der Waals surface area contributed by atoms with Gasteiger partial charge in [0, 0.05) is 31.7 Å². The molecule has 0 fully saturated rings. The minimum atomic E-state index is -0.337. The fourth-order valence-electron chi connectivity index (χ4n) is 3.94. The second-order valence-electron chi connectivity index (χ2n) is 6.84. The maximum Gasteiger partial charge on any atom is 0.329 e. The van der Waals surface area contributed by atoms with Gasteiger partial charge in [-0.25, -0.2) is 9.18 Å². The molecule has 5 nitrogen and oxygen atoms in total. The highest BCUT2D eigenvalue weighted by molar-refractivity contribution is 5.94. The predicted octanol–water partition coefficient (Wildman–Crippen LogP) is 3.33. The number of para-hydroxylation sites is 2. The molecule has 0 unspecified atom stereocenters. The molecular formula is C21H22FN3O2. The van der Waals surface area contributed by atoms with Gasteiger partial charge in [0.25, 0.3) is 0 Å². The van der Waals surface area contributed by atoms with E-state index in [2.05, 4.69) is 0 Å². The minimum Gasteiger partial charge on any atom is -0.312 e. The lowest BCUT2D eigenvalue weighted by atomic mass is 10.0. The topological polar surface area (TPSA) is 47.2 Å². The van der Waals surface area contributed by atoms with E-state index in [1.807, 2.05) is 31.2 Å². The number of anilines is 1. The van der Waals surface area contributed by atoms with Crippen molar-refractivity contribution in [1.29, 1.82) is 0 Å². The molecule has 0 spiro atoms. The van der Waals surface area contributed by atoms with Gasteiger partial charge in [-0.15, -0.1) is 0 Å². The van der Waals surface area contributed by atoms with Gasteiger partial charge in [-0.05, 0) is 49.6 Å². The van der Waals surface area contributed by atoms with Crippen LogP contribution in [-0.4, -0.2) is 21.6 Å². The molecule has 1 aromatic heterocycles. The third kappa shape index (κ3) is 3.05. The lowest BCUT2D eigenvalue weighted by molar-refractivity contribution is -0.118. The van der Waals surface area contributed by atoms with Gasteiger partial charge >= 0.3 is 5.69 Å². The van der Waals surface area contributed by atoms with Gasteiger partial charge in [0.05, 0.1) is 11.0 Å². The van der Waals surface area contributed by atoms with Crippen LogP contribution in [0.3, 0.4) is 0 Å². The molecular weight excluding hydrogens is 345 g/mol. The Balaban J connectivity index is 1.60. The number of rotatable bonds is 4. The minimum absolute atomic E-state index is 0.0817. The van der Waals surface area contributed by atoms with Crippen molar-refractivity contribution in [3.8, 4) is 0 Å². The third-order valence-corrected chi connectivity index (χ3v) is 5.26. The molecule has 2 heterocycles. The number of hydrogen-bond donors (Lipinski definition) is 0. The fraction of sp³-hybridized carbons (Fsp3) is 0.333. The van der Waals surface area contributed by atoms with E-state index in [0.717, 1.165) is 29.4 Å². The quantitative estimate of drug-likeness (QED) is 0.710. The van der Waals surface area contributed by atoms with Crippen molar-refractivity contribution in [2.75, 3.05) is 11.4 Å². The summed E-state index contributed by atoms with van der Waals surface area (Å²) in [6.07, 6.45) is 1.91. The van der Waals surface area contributed by atoms with E-state index in [1.54, 1.807) is 20.1 Å². The zero-order valence-electron chi connectivity index (χ0n) is 15.3. The summed E-state index contributed by atoms with van der Waals surface area (Å²) in [5, 5.41) is 0. The largest absolute Gasteiger partial charge is 0.329 e. The molecule has 0 aliphatic carbocycles. The number of carbonyl (C=O) groups excluding carboxylic acids is 1. The molecule has 0 saturated heterocycles. The van der Waals surface area contributed by atoms with E-state index in [1.165, 1.54) is 12.1 Å². The van der Waals surface area contributed by atoms with Crippen molar-refractivity contribution in [2.24, 2.45) is 0 Å². The van der Waals surface area contributed by atoms with E-state index in [9.17, 15) is 14.0 Å². The van der Waals surface area contributed by atoms with E-state index in [-0.39, 0.29) is 23.8 Å². The standard InChI is InChI=1S/C21H22FN3O2/c1-2-23-17-7-3-4-8-18(17)25(21(23)27)13-11-20(26)24-12-5-6-15-9-10-16(22)14-19(15)24/h3-4,7-10,14H,2,5-6,11-13H2,1H3. The molecule has 6 heteroatoms. The van der Waals surface area contributed by atoms with Crippen LogP contribution in [0.15, 0.2) is 47.3 Å². The van der Waals surface area contributed by atoms with Gasteiger partial charge in [-0.2, -0.15) is 0 Å². The summed E-state index contributed by atoms with van der Waals surface area (Å²) in [5.41, 5.74) is 3.27. The molecule has 140 valence electrons. The molecule has 1 aliphatic heterocycles. The number of carbonyl (C=O) groups is 1. The molecule has 0 N–H and O–H groups in total. The number of amides is 1. The molecule has 27 heavy (non-hydrogen) atoms. The van der Waals surface area contributed by atoms with E-state index >= 15 is 0 Å². The van der Waals surface area contributed by atoms with Gasteiger partial charge in [-0.3, -0.25) is 13.9 Å². The van der Waals surface area contributed by atoms with Crippen LogP contribution in [0, 0.1) is 5.82 Å². The normalized spacial score (nSPS) is 13.8. The first-order chi connectivity index (χ1) is 13.1. The van der Waals surface area contributed by atoms with Gasteiger partial charge in [0.2, 0.25) is 5.91 Å². The van der Waals surface area contributed by atoms with Crippen LogP contribution >= 0.6 is 0 Å². The maximum atomic E-state index is 13.7. The van der Waals surface area contributed by atoms with Gasteiger partial charge in [-0.1, -0.05) is 18.2 Å². The van der Waals surface area contributed by atoms with Crippen LogP contribution in [-0.2, 0) is 24.3 Å². The van der Waals surface area contributed by atoms with E-state index in [4.69, 9.17) is 0 Å². The molecule has 0 saturated carbocycles. The Hall–Kier alpha value is -2.89. The molecule has 0 bridgehead atoms. The Morgan fingerprint density at radius 1 is 1.11 bits per heavy atom. The summed E-state index contributed by atoms with van der Waals surface area (Å²) in [7, 11) is 0. The number of nitrogens with zero attached hydrogens (tertiary/aromatic N) is 3. The Kier molecular flexibility index (Phi) is 4.56. The molecule has 2 aromatic carbocycles. The third-order valence-electron chi connectivity index (χ3n) is 5.26. The zero-order valence-corrected chi connectivity index (χ0v) is 15.3. The second kappa shape index (κ2) is 7.02. The first kappa shape index (κ1) is 17.5. The van der Waals surface area contributed by atoms with Crippen LogP contribution in [0.25, 0.3) is 11.0 Å². The summed E-state index contributed by atoms with van der Waals surface area (Å²) < 4.78 is 17.0. The number of fused-ring (bicyclic) bond motifs is 2. The van der Waals surface area contributed by atoms with E-state index in [0.29, 0.717) is 25.3 Å². The van der Waals surface area contributed by atoms with Gasteiger partial charge in [0.1, 0.15) is 5.82 Å². The van der Waals surface area contributed by atoms with Crippen LogP contribution in [0.2, 0.25) is 0 Å². The number of halogens is 1. The highest BCUT2D eigenvalue weighted by atomic mass is 19.1. The van der Waals surface area contributed by atoms with Gasteiger partial charge < -0.3 is 4.90 Å². The maximum absolute atomic E-state index is 13.7. The number of aryl methyl sites for hydroxylation is 3. The lowest BCUT2D eigenvalue weighted by Crippen LogP contribution is -2.36. The van der Waals surface area contributed by atoms with Crippen LogP contribution in [0.4, 0.5) is 10.1 Å². The average Bonchev–Trinajstić information content (AvgIpc) is 2.96. The highest BCUT2D eigenvalue weighted by Crippen LogP contribution is 2.28. The molecule has 4 rings (SSSR count). The van der Waals surface area contributed by atoms with Crippen LogP contribution in [0.1, 0.15) is 25.3 Å². The molecule has 3 aromatic rings. The van der Waals surface area contributed by atoms with Crippen molar-refractivity contribution >= 4 is 22.6 Å². The second-order valence-corrected chi connectivity index (χ2v) is 6.84. The number of aromatic nitrogens is 2. The van der Waals surface area contributed by atoms with Crippen molar-refractivity contribution in [3.05, 3.63) is 64.3 Å². The lowest BCUT2D eigenvalue weighted by Gasteiger charge is -2.29. The monoisotopic (exact) mass is 367 g/mol. The molecule has 0 radical (unpaired) electrons. The first-order valence-corrected chi connectivity index (χ1v) is 9.37. The Morgan fingerprint density at radius 3 is 2.59 bits per heavy atom. The van der Waals surface area contributed by atoms with Crippen LogP contribution < -0.4 is 10.6 Å². The molecule has 1 aliphatic rings. The number of benzene rings is 2. The summed E-state index contributed by atoms with van der Waals surface area (Å²) in [5.74, 6) is -0.419. The predicted molar refractivity (Wildman–Crippen MR) is 104 cm³/mol. The van der Waals surface area contributed by atoms with Crippen molar-refractivity contribution in [2.45, 2.75) is 39.3 Å². The Labute approximate surface area is 156 Å². The number of hydrogen-bond acceptors (Lipinski definition) is 2. The zero-order chi connectivity index (χ0) is 19.0. The summed E-state index contributed by atoms with van der Waals surface area (Å²) in [6.45, 7) is 3.41. The Morgan fingerprint density at radius 2 is 1.85 bits per heavy atom. The Bertz CT molecular complexity index is 1070. The average molecular weight is 367 g/mol. The van der Waals surface area contributed by atoms with E-state index < -0.39 is 0 Å². The first-order valence-electron chi connectivity index (χ1n) is 9.37. The number of imidazole rings is 1. The van der Waals surface area contributed by atoms with Crippen LogP contribution in [0.5, 0.6) is 0 Å². The van der Waals surface area contributed by atoms with Crippen molar-refractivity contribution in [1.82, 2.24) is 9.13 Å². The van der Waals surface area contributed by atoms with Crippen molar-refractivity contribution in [3.63, 3.8) is 0 Å². The summed E-state index contributed by atoms with van der Waals surface area (Å²) in [4.78, 5) is 27.2. The highest BCUT2D eigenvalue weighted by Gasteiger charge is 2.23.